The van der Waals surface area contributed by atoms with E-state index in [0.717, 1.165) is 17.1 Å². The average Bonchev–Trinajstić information content (AvgIpc) is 2.58. The first kappa shape index (κ1) is 16.4. The number of aromatic nitrogens is 3. The van der Waals surface area contributed by atoms with Crippen molar-refractivity contribution in [1.82, 2.24) is 14.8 Å². The van der Waals surface area contributed by atoms with Crippen LogP contribution in [-0.4, -0.2) is 20.6 Å². The molecule has 2 aromatic heterocycles. The number of hydrogen-bond acceptors (Lipinski definition) is 3. The molecular weight excluding hydrogens is 273 g/mol. The van der Waals surface area contributed by atoms with Crippen LogP contribution in [0.5, 0.6) is 0 Å². The first-order valence-corrected chi connectivity index (χ1v) is 4.92. The van der Waals surface area contributed by atoms with Gasteiger partial charge >= 0.3 is 0 Å². The number of nitrogens with two attached hydrogens (primary N) is 1. The molecule has 0 aliphatic rings. The number of nitrogens with zero attached hydrogens (tertiary/aromatic N) is 3. The van der Waals surface area contributed by atoms with Crippen LogP contribution in [0.2, 0.25) is 0 Å². The fraction of sp³-hybridized carbons (Fsp3) is 0.182. The lowest BCUT2D eigenvalue weighted by molar-refractivity contribution is 0.828. The molecule has 2 heterocycles. The molecule has 5 nitrogen and oxygen atoms in total. The Kier molecular flexibility index (Phi) is 5.81. The van der Waals surface area contributed by atoms with Crippen molar-refractivity contribution in [2.45, 2.75) is 13.8 Å². The van der Waals surface area contributed by atoms with Gasteiger partial charge in [-0.2, -0.15) is 5.10 Å². The number of pyridine rings is 1. The monoisotopic (exact) mass is 287 g/mol. The minimum atomic E-state index is -0.0279. The van der Waals surface area contributed by atoms with Gasteiger partial charge in [0, 0.05) is 5.69 Å². The van der Waals surface area contributed by atoms with E-state index in [1.165, 1.54) is 0 Å². The van der Waals surface area contributed by atoms with Gasteiger partial charge < -0.3 is 5.73 Å². The fourth-order valence-electron chi connectivity index (χ4n) is 1.56. The Labute approximate surface area is 118 Å². The third-order valence-electron chi connectivity index (χ3n) is 2.28. The summed E-state index contributed by atoms with van der Waals surface area (Å²) in [5.41, 5.74) is 8.70. The molecule has 7 heteroatoms. The van der Waals surface area contributed by atoms with Gasteiger partial charge in [-0.25, -0.2) is 4.68 Å². The molecule has 0 amide bonds. The first-order valence-electron chi connectivity index (χ1n) is 4.92. The Hall–Kier alpha value is -1.59. The molecule has 0 aromatic carbocycles. The maximum absolute atomic E-state index is 7.25. The SMILES string of the molecule is Cc1cc(C)n(-c2ccc(C(=N)N)nc2)n1.Cl.Cl. The van der Waals surface area contributed by atoms with Crippen molar-refractivity contribution < 1.29 is 0 Å². The predicted molar refractivity (Wildman–Crippen MR) is 76.3 cm³/mol. The van der Waals surface area contributed by atoms with Crippen LogP contribution in [0.3, 0.4) is 0 Å². The molecule has 0 aliphatic heterocycles. The number of rotatable bonds is 2. The molecule has 18 heavy (non-hydrogen) atoms. The van der Waals surface area contributed by atoms with Crippen LogP contribution in [0.25, 0.3) is 5.69 Å². The van der Waals surface area contributed by atoms with Gasteiger partial charge in [0.05, 0.1) is 17.6 Å². The normalized spacial score (nSPS) is 9.22. The summed E-state index contributed by atoms with van der Waals surface area (Å²) < 4.78 is 1.81. The largest absolute Gasteiger partial charge is 0.382 e. The van der Waals surface area contributed by atoms with Crippen LogP contribution in [0.1, 0.15) is 17.1 Å². The molecule has 0 atom stereocenters. The molecule has 0 saturated heterocycles. The number of halogens is 2. The van der Waals surface area contributed by atoms with Crippen molar-refractivity contribution in [2.75, 3.05) is 0 Å². The first-order chi connectivity index (χ1) is 7.58. The maximum Gasteiger partial charge on any atom is 0.141 e. The molecule has 0 aliphatic carbocycles. The summed E-state index contributed by atoms with van der Waals surface area (Å²) in [5, 5.41) is 11.6. The third kappa shape index (κ3) is 3.21. The van der Waals surface area contributed by atoms with Gasteiger partial charge in [0.15, 0.2) is 0 Å². The van der Waals surface area contributed by atoms with E-state index in [-0.39, 0.29) is 30.6 Å². The molecule has 0 bridgehead atoms. The summed E-state index contributed by atoms with van der Waals surface area (Å²) in [5.74, 6) is -0.0279. The molecule has 3 N–H and O–H groups in total. The third-order valence-corrected chi connectivity index (χ3v) is 2.28. The van der Waals surface area contributed by atoms with Gasteiger partial charge in [0.1, 0.15) is 11.5 Å². The highest BCUT2D eigenvalue weighted by Gasteiger charge is 2.04. The summed E-state index contributed by atoms with van der Waals surface area (Å²) in [4.78, 5) is 4.09. The Morgan fingerprint density at radius 2 is 1.94 bits per heavy atom. The van der Waals surface area contributed by atoms with E-state index in [0.29, 0.717) is 5.69 Å². The van der Waals surface area contributed by atoms with Gasteiger partial charge in [-0.1, -0.05) is 0 Å². The second-order valence-corrected chi connectivity index (χ2v) is 3.65. The molecular formula is C11H15Cl2N5. The molecule has 2 rings (SSSR count). The minimum Gasteiger partial charge on any atom is -0.382 e. The minimum absolute atomic E-state index is 0. The highest BCUT2D eigenvalue weighted by molar-refractivity contribution is 5.93. The van der Waals surface area contributed by atoms with Crippen molar-refractivity contribution >= 4 is 30.6 Å². The lowest BCUT2D eigenvalue weighted by Crippen LogP contribution is -2.13. The fourth-order valence-corrected chi connectivity index (χ4v) is 1.56. The van der Waals surface area contributed by atoms with Crippen LogP contribution < -0.4 is 5.73 Å². The maximum atomic E-state index is 7.25. The smallest absolute Gasteiger partial charge is 0.141 e. The topological polar surface area (TPSA) is 80.6 Å². The number of hydrogen-bond donors (Lipinski definition) is 2. The van der Waals surface area contributed by atoms with Crippen molar-refractivity contribution in [3.8, 4) is 5.69 Å². The molecule has 98 valence electrons. The van der Waals surface area contributed by atoms with E-state index >= 15 is 0 Å². The molecule has 2 aromatic rings. The highest BCUT2D eigenvalue weighted by Crippen LogP contribution is 2.10. The summed E-state index contributed by atoms with van der Waals surface area (Å²) >= 11 is 0. The zero-order valence-electron chi connectivity index (χ0n) is 10.0. The average molecular weight is 288 g/mol. The summed E-state index contributed by atoms with van der Waals surface area (Å²) in [6.45, 7) is 3.93. The molecule has 0 unspecified atom stereocenters. The quantitative estimate of drug-likeness (QED) is 0.655. The van der Waals surface area contributed by atoms with E-state index in [1.54, 1.807) is 12.3 Å². The standard InChI is InChI=1S/C11H13N5.2ClH/c1-7-5-8(2)16(15-7)9-3-4-10(11(12)13)14-6-9;;/h3-6H,1-2H3,(H3,12,13);2*1H. The molecule has 0 fully saturated rings. The number of nitrogen functional groups attached to an aromatic ring is 1. The summed E-state index contributed by atoms with van der Waals surface area (Å²) in [6.07, 6.45) is 1.66. The molecule has 0 spiro atoms. The van der Waals surface area contributed by atoms with Gasteiger partial charge in [-0.15, -0.1) is 24.8 Å². The highest BCUT2D eigenvalue weighted by atomic mass is 35.5. The van der Waals surface area contributed by atoms with Crippen LogP contribution in [-0.2, 0) is 0 Å². The van der Waals surface area contributed by atoms with Crippen LogP contribution in [0, 0.1) is 19.3 Å². The lowest BCUT2D eigenvalue weighted by atomic mass is 10.3. The van der Waals surface area contributed by atoms with E-state index in [2.05, 4.69) is 10.1 Å². The Balaban J connectivity index is 0.00000144. The molecule has 0 radical (unpaired) electrons. The van der Waals surface area contributed by atoms with Crippen LogP contribution in [0.4, 0.5) is 0 Å². The zero-order valence-corrected chi connectivity index (χ0v) is 11.7. The van der Waals surface area contributed by atoms with Gasteiger partial charge in [0.2, 0.25) is 0 Å². The van der Waals surface area contributed by atoms with Crippen molar-refractivity contribution in [2.24, 2.45) is 5.73 Å². The van der Waals surface area contributed by atoms with Crippen molar-refractivity contribution in [3.05, 3.63) is 41.5 Å². The van der Waals surface area contributed by atoms with Crippen LogP contribution >= 0.6 is 24.8 Å². The Morgan fingerprint density at radius 3 is 2.33 bits per heavy atom. The lowest BCUT2D eigenvalue weighted by Gasteiger charge is -2.04. The van der Waals surface area contributed by atoms with E-state index in [4.69, 9.17) is 11.1 Å². The van der Waals surface area contributed by atoms with Gasteiger partial charge in [0.25, 0.3) is 0 Å². The summed E-state index contributed by atoms with van der Waals surface area (Å²) in [6, 6.07) is 5.57. The Bertz CT molecular complexity index is 533. The van der Waals surface area contributed by atoms with Crippen molar-refractivity contribution in [1.29, 1.82) is 5.41 Å². The Morgan fingerprint density at radius 1 is 1.28 bits per heavy atom. The van der Waals surface area contributed by atoms with E-state index in [1.807, 2.05) is 30.7 Å². The summed E-state index contributed by atoms with van der Waals surface area (Å²) in [7, 11) is 0. The molecule has 0 saturated carbocycles. The van der Waals surface area contributed by atoms with Gasteiger partial charge in [-0.3, -0.25) is 10.4 Å². The van der Waals surface area contributed by atoms with E-state index in [9.17, 15) is 0 Å². The van der Waals surface area contributed by atoms with Crippen molar-refractivity contribution in [3.63, 3.8) is 0 Å². The second-order valence-electron chi connectivity index (χ2n) is 3.65. The number of nitrogens with one attached hydrogen (secondary N) is 1. The predicted octanol–water partition coefficient (Wildman–Crippen LogP) is 2.01. The number of amidine groups is 1. The second kappa shape index (κ2) is 6.37. The number of aryl methyl sites for hydroxylation is 2. The van der Waals surface area contributed by atoms with Gasteiger partial charge in [-0.05, 0) is 32.0 Å². The zero-order chi connectivity index (χ0) is 11.7. The van der Waals surface area contributed by atoms with Crippen LogP contribution in [0.15, 0.2) is 24.4 Å². The van der Waals surface area contributed by atoms with E-state index < -0.39 is 0 Å².